The van der Waals surface area contributed by atoms with Crippen molar-refractivity contribution in [3.63, 3.8) is 0 Å². The molecule has 7 nitrogen and oxygen atoms in total. The van der Waals surface area contributed by atoms with Gasteiger partial charge in [-0.25, -0.2) is 18.6 Å². The highest BCUT2D eigenvalue weighted by atomic mass is 19.1. The highest BCUT2D eigenvalue weighted by molar-refractivity contribution is 5.85. The molecule has 1 amide bonds. The molecule has 1 aromatic heterocycles. The minimum atomic E-state index is -0.915. The Kier molecular flexibility index (Phi) is 4.96. The third-order valence-electron chi connectivity index (χ3n) is 2.86. The first-order valence-corrected chi connectivity index (χ1v) is 7.23. The van der Waals surface area contributed by atoms with Crippen LogP contribution in [0.4, 0.5) is 30.8 Å². The second-order valence-corrected chi connectivity index (χ2v) is 6.10. The van der Waals surface area contributed by atoms with E-state index in [-0.39, 0.29) is 22.9 Å². The molecule has 0 unspecified atom stereocenters. The Labute approximate surface area is 142 Å². The van der Waals surface area contributed by atoms with Crippen molar-refractivity contribution in [3.8, 4) is 11.5 Å². The predicted molar refractivity (Wildman–Crippen MR) is 89.4 cm³/mol. The van der Waals surface area contributed by atoms with E-state index in [0.717, 1.165) is 12.1 Å². The van der Waals surface area contributed by atoms with Gasteiger partial charge in [-0.2, -0.15) is 0 Å². The van der Waals surface area contributed by atoms with E-state index in [2.05, 4.69) is 10.3 Å². The normalized spacial score (nSPS) is 11.1. The van der Waals surface area contributed by atoms with Crippen molar-refractivity contribution in [3.05, 3.63) is 36.0 Å². The van der Waals surface area contributed by atoms with Gasteiger partial charge < -0.3 is 20.9 Å². The Morgan fingerprint density at radius 2 is 1.84 bits per heavy atom. The zero-order chi connectivity index (χ0) is 18.8. The predicted octanol–water partition coefficient (Wildman–Crippen LogP) is 3.66. The molecule has 0 fully saturated rings. The zero-order valence-corrected chi connectivity index (χ0v) is 13.9. The highest BCUT2D eigenvalue weighted by Crippen LogP contribution is 2.33. The number of halogens is 2. The number of amides is 1. The van der Waals surface area contributed by atoms with E-state index in [0.29, 0.717) is 0 Å². The lowest BCUT2D eigenvalue weighted by molar-refractivity contribution is 0.0635. The molecule has 1 aromatic carbocycles. The average Bonchev–Trinajstić information content (AvgIpc) is 2.47. The van der Waals surface area contributed by atoms with Crippen LogP contribution in [-0.4, -0.2) is 16.7 Å². The molecule has 5 N–H and O–H groups in total. The van der Waals surface area contributed by atoms with Crippen LogP contribution in [0.2, 0.25) is 0 Å². The van der Waals surface area contributed by atoms with E-state index in [9.17, 15) is 13.6 Å². The standard InChI is InChI=1S/C16H18F2N4O3/c1-16(2,3)25-15(23)22-10-6-9(18)12(7-8(10)17)24-11-4-5-21-14(20)13(11)19/h4-7H,19H2,1-3H3,(H2,20,21)(H,22,23). The van der Waals surface area contributed by atoms with Gasteiger partial charge in [-0.3, -0.25) is 5.32 Å². The van der Waals surface area contributed by atoms with Crippen LogP contribution in [0.1, 0.15) is 20.8 Å². The third-order valence-corrected chi connectivity index (χ3v) is 2.86. The number of rotatable bonds is 3. The van der Waals surface area contributed by atoms with Crippen LogP contribution in [-0.2, 0) is 4.74 Å². The lowest BCUT2D eigenvalue weighted by Gasteiger charge is -2.20. The summed E-state index contributed by atoms with van der Waals surface area (Å²) in [7, 11) is 0. The maximum atomic E-state index is 14.2. The summed E-state index contributed by atoms with van der Waals surface area (Å²) in [5.41, 5.74) is 10.0. The summed E-state index contributed by atoms with van der Waals surface area (Å²) in [6.07, 6.45) is 0.402. The summed E-state index contributed by atoms with van der Waals surface area (Å²) in [5, 5.41) is 2.13. The number of carbonyl (C=O) groups excluding carboxylic acids is 1. The number of nitrogens with zero attached hydrogens (tertiary/aromatic N) is 1. The first-order chi connectivity index (χ1) is 11.6. The van der Waals surface area contributed by atoms with Gasteiger partial charge in [0.1, 0.15) is 17.1 Å². The summed E-state index contributed by atoms with van der Waals surface area (Å²) in [6.45, 7) is 4.93. The molecule has 0 aliphatic carbocycles. The van der Waals surface area contributed by atoms with Gasteiger partial charge in [-0.05, 0) is 20.8 Å². The van der Waals surface area contributed by atoms with Gasteiger partial charge in [0.05, 0.1) is 5.69 Å². The number of carbonyl (C=O) groups is 1. The van der Waals surface area contributed by atoms with Crippen LogP contribution in [0.3, 0.4) is 0 Å². The van der Waals surface area contributed by atoms with E-state index in [1.54, 1.807) is 20.8 Å². The number of hydrogen-bond acceptors (Lipinski definition) is 6. The Bertz CT molecular complexity index is 807. The molecule has 0 radical (unpaired) electrons. The van der Waals surface area contributed by atoms with Gasteiger partial charge in [0, 0.05) is 24.4 Å². The minimum Gasteiger partial charge on any atom is -0.452 e. The Morgan fingerprint density at radius 1 is 1.16 bits per heavy atom. The first kappa shape index (κ1) is 18.2. The smallest absolute Gasteiger partial charge is 0.412 e. The monoisotopic (exact) mass is 352 g/mol. The van der Waals surface area contributed by atoms with Crippen LogP contribution < -0.4 is 21.5 Å². The second-order valence-electron chi connectivity index (χ2n) is 6.10. The van der Waals surface area contributed by atoms with Crippen LogP contribution in [0.5, 0.6) is 11.5 Å². The maximum absolute atomic E-state index is 14.2. The van der Waals surface area contributed by atoms with Crippen molar-refractivity contribution in [1.82, 2.24) is 4.98 Å². The number of nitrogens with two attached hydrogens (primary N) is 2. The summed E-state index contributed by atoms with van der Waals surface area (Å²) in [4.78, 5) is 15.4. The first-order valence-electron chi connectivity index (χ1n) is 7.23. The molecular weight excluding hydrogens is 334 g/mol. The molecule has 2 aromatic rings. The van der Waals surface area contributed by atoms with Gasteiger partial charge in [-0.15, -0.1) is 0 Å². The molecule has 25 heavy (non-hydrogen) atoms. The van der Waals surface area contributed by atoms with Crippen molar-refractivity contribution in [2.45, 2.75) is 26.4 Å². The molecule has 0 spiro atoms. The largest absolute Gasteiger partial charge is 0.452 e. The SMILES string of the molecule is CC(C)(C)OC(=O)Nc1cc(F)c(Oc2ccnc(N)c2N)cc1F. The molecule has 0 bridgehead atoms. The van der Waals surface area contributed by atoms with Crippen LogP contribution in [0.15, 0.2) is 24.4 Å². The fourth-order valence-corrected chi connectivity index (χ4v) is 1.79. The number of pyridine rings is 1. The minimum absolute atomic E-state index is 0.00147. The lowest BCUT2D eigenvalue weighted by atomic mass is 10.2. The molecular formula is C16H18F2N4O3. The number of nitrogen functional groups attached to an aromatic ring is 2. The van der Waals surface area contributed by atoms with Gasteiger partial charge >= 0.3 is 6.09 Å². The van der Waals surface area contributed by atoms with E-state index in [4.69, 9.17) is 20.9 Å². The Balaban J connectivity index is 2.22. The van der Waals surface area contributed by atoms with E-state index >= 15 is 0 Å². The number of anilines is 3. The quantitative estimate of drug-likeness (QED) is 0.777. The molecule has 134 valence electrons. The van der Waals surface area contributed by atoms with Gasteiger partial charge in [0.2, 0.25) is 0 Å². The third kappa shape index (κ3) is 4.69. The summed E-state index contributed by atoms with van der Waals surface area (Å²) in [5.74, 6) is -2.23. The topological polar surface area (TPSA) is 112 Å². The summed E-state index contributed by atoms with van der Waals surface area (Å²) >= 11 is 0. The number of ether oxygens (including phenoxy) is 2. The van der Waals surface area contributed by atoms with E-state index < -0.39 is 29.1 Å². The average molecular weight is 352 g/mol. The number of benzene rings is 1. The number of hydrogen-bond donors (Lipinski definition) is 3. The van der Waals surface area contributed by atoms with Gasteiger partial charge in [-0.1, -0.05) is 0 Å². The van der Waals surface area contributed by atoms with Crippen molar-refractivity contribution >= 4 is 23.3 Å². The van der Waals surface area contributed by atoms with Gasteiger partial charge in [0.25, 0.3) is 0 Å². The molecule has 0 atom stereocenters. The lowest BCUT2D eigenvalue weighted by Crippen LogP contribution is -2.27. The van der Waals surface area contributed by atoms with Crippen molar-refractivity contribution in [2.75, 3.05) is 16.8 Å². The van der Waals surface area contributed by atoms with E-state index in [1.807, 2.05) is 0 Å². The molecule has 0 aliphatic heterocycles. The van der Waals surface area contributed by atoms with E-state index in [1.165, 1.54) is 12.3 Å². The molecule has 0 aliphatic rings. The molecule has 1 heterocycles. The van der Waals surface area contributed by atoms with Gasteiger partial charge in [0.15, 0.2) is 23.1 Å². The Morgan fingerprint density at radius 3 is 2.48 bits per heavy atom. The summed E-state index contributed by atoms with van der Waals surface area (Å²) < 4.78 is 38.5. The molecule has 0 saturated heterocycles. The summed E-state index contributed by atoms with van der Waals surface area (Å²) in [6, 6.07) is 2.91. The molecule has 0 saturated carbocycles. The van der Waals surface area contributed by atoms with Crippen molar-refractivity contribution < 1.29 is 23.0 Å². The van der Waals surface area contributed by atoms with Crippen molar-refractivity contribution in [2.24, 2.45) is 0 Å². The molecule has 9 heteroatoms. The highest BCUT2D eigenvalue weighted by Gasteiger charge is 2.19. The van der Waals surface area contributed by atoms with Crippen LogP contribution >= 0.6 is 0 Å². The Hall–Kier alpha value is -3.10. The number of nitrogens with one attached hydrogen (secondary N) is 1. The number of aromatic nitrogens is 1. The fraction of sp³-hybridized carbons (Fsp3) is 0.250. The fourth-order valence-electron chi connectivity index (χ4n) is 1.79. The molecule has 2 rings (SSSR count). The second kappa shape index (κ2) is 6.80. The van der Waals surface area contributed by atoms with Crippen LogP contribution in [0.25, 0.3) is 0 Å². The zero-order valence-electron chi connectivity index (χ0n) is 13.9. The van der Waals surface area contributed by atoms with Crippen LogP contribution in [0, 0.1) is 11.6 Å². The maximum Gasteiger partial charge on any atom is 0.412 e. The van der Waals surface area contributed by atoms with Crippen molar-refractivity contribution in [1.29, 1.82) is 0 Å².